The molecule has 5 nitrogen and oxygen atoms in total. The van der Waals surface area contributed by atoms with Gasteiger partial charge in [-0.05, 0) is 13.0 Å². The van der Waals surface area contributed by atoms with Crippen LogP contribution in [0.4, 0.5) is 5.69 Å². The molecule has 16 heavy (non-hydrogen) atoms. The molecule has 1 aromatic carbocycles. The summed E-state index contributed by atoms with van der Waals surface area (Å²) in [5.74, 6) is -0.489. The predicted octanol–water partition coefficient (Wildman–Crippen LogP) is 1.07. The lowest BCUT2D eigenvalue weighted by Crippen LogP contribution is -2.36. The van der Waals surface area contributed by atoms with Gasteiger partial charge < -0.3 is 15.6 Å². The molecule has 0 aliphatic carbocycles. The highest BCUT2D eigenvalue weighted by molar-refractivity contribution is 6.07. The van der Waals surface area contributed by atoms with Gasteiger partial charge in [0.25, 0.3) is 5.91 Å². The number of carbonyl (C=O) groups is 1. The van der Waals surface area contributed by atoms with Crippen molar-refractivity contribution < 1.29 is 15.1 Å². The molecule has 1 atom stereocenters. The van der Waals surface area contributed by atoms with Crippen molar-refractivity contribution in [3.63, 3.8) is 0 Å². The maximum Gasteiger partial charge on any atom is 0.261 e. The van der Waals surface area contributed by atoms with Gasteiger partial charge in [0.05, 0.1) is 5.71 Å². The Morgan fingerprint density at radius 1 is 1.50 bits per heavy atom. The lowest BCUT2D eigenvalue weighted by atomic mass is 9.90. The number of aliphatic hydroxyl groups is 1. The maximum absolute atomic E-state index is 11.7. The van der Waals surface area contributed by atoms with Crippen molar-refractivity contribution in [2.45, 2.75) is 18.9 Å². The van der Waals surface area contributed by atoms with E-state index in [0.29, 0.717) is 17.0 Å². The van der Waals surface area contributed by atoms with Crippen LogP contribution in [-0.2, 0) is 10.4 Å². The van der Waals surface area contributed by atoms with Crippen LogP contribution in [0.25, 0.3) is 0 Å². The highest BCUT2D eigenvalue weighted by atomic mass is 16.4. The molecule has 0 saturated carbocycles. The molecular weight excluding hydrogens is 208 g/mol. The van der Waals surface area contributed by atoms with Crippen LogP contribution in [0.1, 0.15) is 18.9 Å². The molecule has 5 heteroatoms. The van der Waals surface area contributed by atoms with Gasteiger partial charge in [0.2, 0.25) is 0 Å². The number of hydrogen-bond donors (Lipinski definition) is 3. The lowest BCUT2D eigenvalue weighted by molar-refractivity contribution is -0.132. The third-order valence-corrected chi connectivity index (χ3v) is 2.68. The number of rotatable bonds is 2. The molecule has 0 aromatic heterocycles. The van der Waals surface area contributed by atoms with E-state index < -0.39 is 11.5 Å². The van der Waals surface area contributed by atoms with E-state index >= 15 is 0 Å². The van der Waals surface area contributed by atoms with Crippen molar-refractivity contribution in [2.24, 2.45) is 5.16 Å². The van der Waals surface area contributed by atoms with Crippen molar-refractivity contribution in [1.29, 1.82) is 0 Å². The van der Waals surface area contributed by atoms with Crippen LogP contribution in [-0.4, -0.2) is 21.9 Å². The summed E-state index contributed by atoms with van der Waals surface area (Å²) < 4.78 is 0. The standard InChI is InChI=1S/C11H12N2O3/c1-7(13-16)6-11(15)8-4-2-3-5-9(8)12-10(11)14/h2-5,15-16H,6H2,1H3,(H,12,14)/b13-7+/t11-/m1/s1. The molecule has 3 N–H and O–H groups in total. The van der Waals surface area contributed by atoms with Crippen LogP contribution in [0.15, 0.2) is 29.4 Å². The number of hydrogen-bond acceptors (Lipinski definition) is 4. The number of oxime groups is 1. The minimum Gasteiger partial charge on any atom is -0.411 e. The molecule has 0 radical (unpaired) electrons. The number of carbonyl (C=O) groups excluding carboxylic acids is 1. The molecule has 2 rings (SSSR count). The third-order valence-electron chi connectivity index (χ3n) is 2.68. The molecule has 84 valence electrons. The van der Waals surface area contributed by atoms with Crippen molar-refractivity contribution >= 4 is 17.3 Å². The highest BCUT2D eigenvalue weighted by Crippen LogP contribution is 2.38. The van der Waals surface area contributed by atoms with Crippen LogP contribution in [0, 0.1) is 0 Å². The second-order valence-electron chi connectivity index (χ2n) is 3.87. The Balaban J connectivity index is 2.44. The molecule has 1 aliphatic rings. The number of nitrogens with one attached hydrogen (secondary N) is 1. The fraction of sp³-hybridized carbons (Fsp3) is 0.273. The molecule has 0 unspecified atom stereocenters. The first-order chi connectivity index (χ1) is 7.58. The first kappa shape index (κ1) is 10.6. The number of fused-ring (bicyclic) bond motifs is 1. The Morgan fingerprint density at radius 2 is 2.19 bits per heavy atom. The van der Waals surface area contributed by atoms with E-state index in [9.17, 15) is 9.90 Å². The average Bonchev–Trinajstić information content (AvgIpc) is 2.52. The summed E-state index contributed by atoms with van der Waals surface area (Å²) in [6.45, 7) is 1.55. The summed E-state index contributed by atoms with van der Waals surface area (Å²) in [7, 11) is 0. The number of nitrogens with zero attached hydrogens (tertiary/aromatic N) is 1. The molecule has 0 bridgehead atoms. The average molecular weight is 220 g/mol. The van der Waals surface area contributed by atoms with E-state index in [1.807, 2.05) is 0 Å². The number of para-hydroxylation sites is 1. The number of amides is 1. The van der Waals surface area contributed by atoms with E-state index in [1.54, 1.807) is 31.2 Å². The Kier molecular flexibility index (Phi) is 2.40. The summed E-state index contributed by atoms with van der Waals surface area (Å²) in [4.78, 5) is 11.7. The summed E-state index contributed by atoms with van der Waals surface area (Å²) in [6, 6.07) is 6.92. The van der Waals surface area contributed by atoms with Gasteiger partial charge in [-0.1, -0.05) is 23.4 Å². The van der Waals surface area contributed by atoms with E-state index in [-0.39, 0.29) is 6.42 Å². The zero-order valence-corrected chi connectivity index (χ0v) is 8.77. The van der Waals surface area contributed by atoms with E-state index in [4.69, 9.17) is 5.21 Å². The third kappa shape index (κ3) is 1.45. The van der Waals surface area contributed by atoms with Crippen molar-refractivity contribution in [3.05, 3.63) is 29.8 Å². The van der Waals surface area contributed by atoms with Crippen LogP contribution in [0.5, 0.6) is 0 Å². The Labute approximate surface area is 92.4 Å². The van der Waals surface area contributed by atoms with Gasteiger partial charge in [-0.25, -0.2) is 0 Å². The quantitative estimate of drug-likeness (QED) is 0.396. The summed E-state index contributed by atoms with van der Waals surface area (Å²) in [6.07, 6.45) is -0.0215. The second kappa shape index (κ2) is 3.61. The van der Waals surface area contributed by atoms with Crippen LogP contribution < -0.4 is 5.32 Å². The summed E-state index contributed by atoms with van der Waals surface area (Å²) >= 11 is 0. The van der Waals surface area contributed by atoms with Gasteiger partial charge in [-0.3, -0.25) is 4.79 Å². The van der Waals surface area contributed by atoms with Gasteiger partial charge in [0, 0.05) is 17.7 Å². The van der Waals surface area contributed by atoms with Gasteiger partial charge in [-0.15, -0.1) is 0 Å². The Bertz CT molecular complexity index is 470. The zero-order chi connectivity index (χ0) is 11.8. The van der Waals surface area contributed by atoms with Crippen molar-refractivity contribution in [3.8, 4) is 0 Å². The molecule has 1 aliphatic heterocycles. The molecule has 1 amide bonds. The fourth-order valence-corrected chi connectivity index (χ4v) is 1.88. The van der Waals surface area contributed by atoms with E-state index in [0.717, 1.165) is 0 Å². The fourth-order valence-electron chi connectivity index (χ4n) is 1.88. The first-order valence-electron chi connectivity index (χ1n) is 4.89. The number of benzene rings is 1. The molecule has 0 saturated heterocycles. The van der Waals surface area contributed by atoms with Crippen molar-refractivity contribution in [1.82, 2.24) is 0 Å². The van der Waals surface area contributed by atoms with Crippen LogP contribution >= 0.6 is 0 Å². The van der Waals surface area contributed by atoms with E-state index in [2.05, 4.69) is 10.5 Å². The largest absolute Gasteiger partial charge is 0.411 e. The molecule has 0 fully saturated rings. The van der Waals surface area contributed by atoms with Gasteiger partial charge in [0.15, 0.2) is 5.60 Å². The van der Waals surface area contributed by atoms with Gasteiger partial charge in [-0.2, -0.15) is 0 Å². The minimum atomic E-state index is -1.63. The van der Waals surface area contributed by atoms with Crippen molar-refractivity contribution in [2.75, 3.05) is 5.32 Å². The normalized spacial score (nSPS) is 24.1. The van der Waals surface area contributed by atoms with Crippen LogP contribution in [0.3, 0.4) is 0 Å². The van der Waals surface area contributed by atoms with Gasteiger partial charge in [0.1, 0.15) is 0 Å². The smallest absolute Gasteiger partial charge is 0.261 e. The second-order valence-corrected chi connectivity index (χ2v) is 3.87. The summed E-state index contributed by atoms with van der Waals surface area (Å²) in [5, 5.41) is 24.5. The molecule has 1 heterocycles. The molecule has 1 aromatic rings. The Hall–Kier alpha value is -1.88. The Morgan fingerprint density at radius 3 is 2.88 bits per heavy atom. The maximum atomic E-state index is 11.7. The molecule has 0 spiro atoms. The zero-order valence-electron chi connectivity index (χ0n) is 8.77. The minimum absolute atomic E-state index is 0.0215. The van der Waals surface area contributed by atoms with E-state index in [1.165, 1.54) is 0 Å². The predicted molar refractivity (Wildman–Crippen MR) is 58.5 cm³/mol. The monoisotopic (exact) mass is 220 g/mol. The van der Waals surface area contributed by atoms with Gasteiger partial charge >= 0.3 is 0 Å². The summed E-state index contributed by atoms with van der Waals surface area (Å²) in [5.41, 5.74) is -0.217. The lowest BCUT2D eigenvalue weighted by Gasteiger charge is -2.19. The topological polar surface area (TPSA) is 81.9 Å². The van der Waals surface area contributed by atoms with Crippen LogP contribution in [0.2, 0.25) is 0 Å². The SMILES string of the molecule is C/C(C[C@]1(O)C(=O)Nc2ccccc21)=N\O. The molecular formula is C11H12N2O3. The highest BCUT2D eigenvalue weighted by Gasteiger charge is 2.45. The number of anilines is 1. The first-order valence-corrected chi connectivity index (χ1v) is 4.89.